The number of hydrogen-bond donors (Lipinski definition) is 1. The van der Waals surface area contributed by atoms with E-state index in [0.29, 0.717) is 28.2 Å². The summed E-state index contributed by atoms with van der Waals surface area (Å²) in [5, 5.41) is 3.27. The molecule has 27 heavy (non-hydrogen) atoms. The first-order valence-corrected chi connectivity index (χ1v) is 9.35. The molecule has 0 atom stereocenters. The number of pyridine rings is 1. The summed E-state index contributed by atoms with van der Waals surface area (Å²) in [5.41, 5.74) is 3.31. The van der Waals surface area contributed by atoms with E-state index in [4.69, 9.17) is 32.7 Å². The van der Waals surface area contributed by atoms with Crippen LogP contribution in [0.4, 0.5) is 0 Å². The van der Waals surface area contributed by atoms with Gasteiger partial charge in [-0.15, -0.1) is 0 Å². The van der Waals surface area contributed by atoms with Crippen LogP contribution in [0, 0.1) is 0 Å². The van der Waals surface area contributed by atoms with Crippen molar-refractivity contribution in [3.05, 3.63) is 87.7 Å². The topological polar surface area (TPSA) is 48.0 Å². The summed E-state index contributed by atoms with van der Waals surface area (Å²) in [5.74, 6) is 1.40. The number of ether oxygens (including phenoxy) is 2. The van der Waals surface area contributed by atoms with Crippen molar-refractivity contribution < 1.29 is 14.8 Å². The van der Waals surface area contributed by atoms with Crippen LogP contribution < -0.4 is 14.8 Å². The van der Waals surface area contributed by atoms with Crippen molar-refractivity contribution in [3.63, 3.8) is 0 Å². The molecule has 0 aliphatic rings. The quantitative estimate of drug-likeness (QED) is 0.611. The van der Waals surface area contributed by atoms with E-state index in [2.05, 4.69) is 16.4 Å². The lowest BCUT2D eigenvalue weighted by atomic mass is 10.2. The average Bonchev–Trinajstić information content (AvgIpc) is 2.70. The highest BCUT2D eigenvalue weighted by atomic mass is 35.5. The van der Waals surface area contributed by atoms with Gasteiger partial charge in [0.2, 0.25) is 0 Å². The van der Waals surface area contributed by atoms with Crippen LogP contribution in [0.15, 0.2) is 60.9 Å². The zero-order valence-corrected chi connectivity index (χ0v) is 16.5. The van der Waals surface area contributed by atoms with Gasteiger partial charge in [-0.05, 0) is 42.0 Å². The fourth-order valence-electron chi connectivity index (χ4n) is 2.67. The minimum atomic E-state index is 0.389. The summed E-state index contributed by atoms with van der Waals surface area (Å²) < 4.78 is 11.4. The number of quaternary nitrogens is 1. The number of methoxy groups -OCH3 is 1. The SMILES string of the molecule is COc1cc(C[NH2+]Cc2cccnc2)ccc1OCc1ccc(Cl)c(Cl)c1. The number of nitrogens with two attached hydrogens (primary N) is 1. The van der Waals surface area contributed by atoms with Crippen molar-refractivity contribution in [1.82, 2.24) is 4.98 Å². The van der Waals surface area contributed by atoms with E-state index in [9.17, 15) is 0 Å². The molecule has 2 aromatic carbocycles. The van der Waals surface area contributed by atoms with Crippen LogP contribution in [0.3, 0.4) is 0 Å². The predicted molar refractivity (Wildman–Crippen MR) is 107 cm³/mol. The second kappa shape index (κ2) is 9.60. The number of benzene rings is 2. The maximum absolute atomic E-state index is 6.05. The monoisotopic (exact) mass is 403 g/mol. The third-order valence-corrected chi connectivity index (χ3v) is 4.83. The van der Waals surface area contributed by atoms with Gasteiger partial charge in [-0.2, -0.15) is 0 Å². The lowest BCUT2D eigenvalue weighted by molar-refractivity contribution is -0.686. The lowest BCUT2D eigenvalue weighted by Crippen LogP contribution is -2.80. The zero-order valence-electron chi connectivity index (χ0n) is 15.0. The molecule has 2 N–H and O–H groups in total. The highest BCUT2D eigenvalue weighted by molar-refractivity contribution is 6.42. The smallest absolute Gasteiger partial charge is 0.161 e. The van der Waals surface area contributed by atoms with Gasteiger partial charge in [0.05, 0.1) is 17.2 Å². The van der Waals surface area contributed by atoms with Crippen molar-refractivity contribution in [1.29, 1.82) is 0 Å². The fraction of sp³-hybridized carbons (Fsp3) is 0.190. The minimum absolute atomic E-state index is 0.389. The second-order valence-corrected chi connectivity index (χ2v) is 6.89. The van der Waals surface area contributed by atoms with Crippen molar-refractivity contribution in [2.75, 3.05) is 7.11 Å². The Morgan fingerprint density at radius 2 is 1.70 bits per heavy atom. The van der Waals surface area contributed by atoms with Gasteiger partial charge in [0, 0.05) is 23.5 Å². The summed E-state index contributed by atoms with van der Waals surface area (Å²) in [6.07, 6.45) is 3.67. The largest absolute Gasteiger partial charge is 0.493 e. The average molecular weight is 404 g/mol. The molecular formula is C21H21Cl2N2O2+. The Bertz CT molecular complexity index is 889. The second-order valence-electron chi connectivity index (χ2n) is 6.08. The molecule has 140 valence electrons. The number of rotatable bonds is 8. The molecule has 4 nitrogen and oxygen atoms in total. The van der Waals surface area contributed by atoms with Crippen LogP contribution in [0.2, 0.25) is 10.0 Å². The summed E-state index contributed by atoms with van der Waals surface area (Å²) in [6.45, 7) is 2.11. The first-order valence-electron chi connectivity index (χ1n) is 8.60. The molecule has 0 bridgehead atoms. The van der Waals surface area contributed by atoms with Crippen molar-refractivity contribution in [2.45, 2.75) is 19.7 Å². The zero-order chi connectivity index (χ0) is 19.1. The van der Waals surface area contributed by atoms with Crippen LogP contribution in [0.5, 0.6) is 11.5 Å². The normalized spacial score (nSPS) is 10.6. The molecule has 1 heterocycles. The Balaban J connectivity index is 1.59. The Morgan fingerprint density at radius 3 is 2.44 bits per heavy atom. The van der Waals surface area contributed by atoms with Gasteiger partial charge < -0.3 is 14.8 Å². The number of hydrogen-bond acceptors (Lipinski definition) is 3. The molecular weight excluding hydrogens is 383 g/mol. The molecule has 0 radical (unpaired) electrons. The third kappa shape index (κ3) is 5.60. The van der Waals surface area contributed by atoms with Crippen LogP contribution >= 0.6 is 23.2 Å². The molecule has 0 unspecified atom stereocenters. The van der Waals surface area contributed by atoms with E-state index in [1.165, 1.54) is 5.56 Å². The first-order chi connectivity index (χ1) is 13.2. The van der Waals surface area contributed by atoms with Gasteiger partial charge in [-0.3, -0.25) is 4.98 Å². The van der Waals surface area contributed by atoms with E-state index in [1.54, 1.807) is 25.4 Å². The van der Waals surface area contributed by atoms with E-state index in [0.717, 1.165) is 24.2 Å². The minimum Gasteiger partial charge on any atom is -0.493 e. The van der Waals surface area contributed by atoms with Crippen LogP contribution in [0.1, 0.15) is 16.7 Å². The first kappa shape index (κ1) is 19.5. The van der Waals surface area contributed by atoms with Crippen molar-refractivity contribution >= 4 is 23.2 Å². The van der Waals surface area contributed by atoms with Gasteiger partial charge >= 0.3 is 0 Å². The molecule has 0 aliphatic heterocycles. The number of nitrogens with zero attached hydrogens (tertiary/aromatic N) is 1. The third-order valence-electron chi connectivity index (χ3n) is 4.09. The van der Waals surface area contributed by atoms with E-state index in [1.807, 2.05) is 36.5 Å². The molecule has 6 heteroatoms. The van der Waals surface area contributed by atoms with Gasteiger partial charge in [0.1, 0.15) is 19.7 Å². The van der Waals surface area contributed by atoms with Crippen molar-refractivity contribution in [3.8, 4) is 11.5 Å². The van der Waals surface area contributed by atoms with E-state index < -0.39 is 0 Å². The molecule has 0 fully saturated rings. The van der Waals surface area contributed by atoms with Crippen LogP contribution in [-0.4, -0.2) is 12.1 Å². The van der Waals surface area contributed by atoms with Gasteiger partial charge in [0.15, 0.2) is 11.5 Å². The molecule has 0 spiro atoms. The highest BCUT2D eigenvalue weighted by Gasteiger charge is 2.08. The van der Waals surface area contributed by atoms with Crippen LogP contribution in [0.25, 0.3) is 0 Å². The molecule has 0 saturated heterocycles. The maximum Gasteiger partial charge on any atom is 0.161 e. The Hall–Kier alpha value is -2.27. The Labute approximate surface area is 169 Å². The summed E-state index contributed by atoms with van der Waals surface area (Å²) >= 11 is 12.0. The summed E-state index contributed by atoms with van der Waals surface area (Å²) in [6, 6.07) is 15.5. The number of halogens is 2. The number of aromatic nitrogens is 1. The highest BCUT2D eigenvalue weighted by Crippen LogP contribution is 2.29. The molecule has 3 aromatic rings. The standard InChI is InChI=1S/C21H20Cl2N2O2/c1-26-21-10-15(11-25-13-17-3-2-8-24-12-17)5-7-20(21)27-14-16-4-6-18(22)19(23)9-16/h2-10,12,25H,11,13-14H2,1H3/p+1. The molecule has 0 amide bonds. The van der Waals surface area contributed by atoms with E-state index in [-0.39, 0.29) is 0 Å². The Morgan fingerprint density at radius 1 is 0.889 bits per heavy atom. The predicted octanol–water partition coefficient (Wildman–Crippen LogP) is 4.24. The molecule has 0 saturated carbocycles. The Kier molecular flexibility index (Phi) is 6.93. The molecule has 1 aromatic heterocycles. The van der Waals surface area contributed by atoms with Gasteiger partial charge in [0.25, 0.3) is 0 Å². The van der Waals surface area contributed by atoms with Gasteiger partial charge in [-0.1, -0.05) is 35.3 Å². The van der Waals surface area contributed by atoms with Gasteiger partial charge in [-0.25, -0.2) is 0 Å². The van der Waals surface area contributed by atoms with Crippen LogP contribution in [-0.2, 0) is 19.7 Å². The molecule has 0 aliphatic carbocycles. The summed E-state index contributed by atoms with van der Waals surface area (Å²) in [4.78, 5) is 4.13. The summed E-state index contributed by atoms with van der Waals surface area (Å²) in [7, 11) is 1.64. The lowest BCUT2D eigenvalue weighted by Gasteiger charge is -2.12. The fourth-order valence-corrected chi connectivity index (χ4v) is 2.99. The maximum atomic E-state index is 6.05. The molecule has 3 rings (SSSR count). The van der Waals surface area contributed by atoms with E-state index >= 15 is 0 Å². The van der Waals surface area contributed by atoms with Crippen molar-refractivity contribution in [2.24, 2.45) is 0 Å².